The third kappa shape index (κ3) is 6.69. The highest BCUT2D eigenvalue weighted by Gasteiger charge is 2.16. The topological polar surface area (TPSA) is 70.8 Å². The fourth-order valence-corrected chi connectivity index (χ4v) is 3.60. The Morgan fingerprint density at radius 1 is 0.917 bits per heavy atom. The van der Waals surface area contributed by atoms with Crippen molar-refractivity contribution >= 4 is 5.78 Å². The maximum absolute atomic E-state index is 12.7. The Morgan fingerprint density at radius 3 is 2.47 bits per heavy atom. The molecule has 0 aliphatic heterocycles. The van der Waals surface area contributed by atoms with Gasteiger partial charge in [0.25, 0.3) is 6.43 Å². The van der Waals surface area contributed by atoms with Crippen LogP contribution in [-0.2, 0) is 24.2 Å². The summed E-state index contributed by atoms with van der Waals surface area (Å²) in [5.41, 5.74) is 2.69. The number of halogens is 2. The van der Waals surface area contributed by atoms with E-state index in [0.717, 1.165) is 5.56 Å². The first-order chi connectivity index (χ1) is 17.5. The minimum absolute atomic E-state index is 0.0280. The molecular formula is C28H25F2NO5. The number of Topliss-reactive ketones (excluding diaryl/α,β-unsaturated/α-hetero) is 1. The van der Waals surface area contributed by atoms with Crippen molar-refractivity contribution < 1.29 is 32.2 Å². The van der Waals surface area contributed by atoms with Gasteiger partial charge in [0.05, 0.1) is 19.2 Å². The summed E-state index contributed by atoms with van der Waals surface area (Å²) in [5.74, 6) is 1.57. The summed E-state index contributed by atoms with van der Waals surface area (Å²) < 4.78 is 47.1. The monoisotopic (exact) mass is 493 g/mol. The Hall–Kier alpha value is -4.20. The third-order valence-corrected chi connectivity index (χ3v) is 5.30. The van der Waals surface area contributed by atoms with Gasteiger partial charge in [-0.1, -0.05) is 48.5 Å². The summed E-state index contributed by atoms with van der Waals surface area (Å²) in [5, 5.41) is 0. The number of oxazole rings is 1. The molecule has 0 aliphatic carbocycles. The van der Waals surface area contributed by atoms with Crippen LogP contribution in [0.4, 0.5) is 8.78 Å². The molecule has 1 aromatic heterocycles. The number of para-hydroxylation sites is 1. The van der Waals surface area contributed by atoms with Crippen LogP contribution in [0.5, 0.6) is 17.2 Å². The van der Waals surface area contributed by atoms with Gasteiger partial charge in [0.15, 0.2) is 11.5 Å². The van der Waals surface area contributed by atoms with Gasteiger partial charge in [-0.3, -0.25) is 4.79 Å². The molecule has 0 spiro atoms. The van der Waals surface area contributed by atoms with Gasteiger partial charge in [-0.15, -0.1) is 0 Å². The average Bonchev–Trinajstić information content (AvgIpc) is 3.35. The highest BCUT2D eigenvalue weighted by Crippen LogP contribution is 2.33. The second kappa shape index (κ2) is 12.0. The molecule has 0 atom stereocenters. The van der Waals surface area contributed by atoms with E-state index in [1.807, 2.05) is 30.3 Å². The Morgan fingerprint density at radius 2 is 1.69 bits per heavy atom. The SMILES string of the molecule is COc1ccc(-c2nc(CC(=O)Cc3ccccc3OCC(F)F)co2)cc1OCc1ccccc1. The molecule has 0 amide bonds. The molecule has 4 rings (SSSR count). The van der Waals surface area contributed by atoms with Crippen LogP contribution in [0.25, 0.3) is 11.5 Å². The number of hydrogen-bond donors (Lipinski definition) is 0. The number of carbonyl (C=O) groups is 1. The van der Waals surface area contributed by atoms with Gasteiger partial charge in [0.1, 0.15) is 31.0 Å². The van der Waals surface area contributed by atoms with E-state index in [1.165, 1.54) is 6.26 Å². The molecule has 0 saturated carbocycles. The van der Waals surface area contributed by atoms with Gasteiger partial charge < -0.3 is 18.6 Å². The molecule has 0 unspecified atom stereocenters. The number of aromatic nitrogens is 1. The number of nitrogens with zero attached hydrogens (tertiary/aromatic N) is 1. The first kappa shape index (κ1) is 24.9. The smallest absolute Gasteiger partial charge is 0.272 e. The number of methoxy groups -OCH3 is 1. The Balaban J connectivity index is 1.42. The number of hydrogen-bond acceptors (Lipinski definition) is 6. The summed E-state index contributed by atoms with van der Waals surface area (Å²) in [6.07, 6.45) is -1.10. The second-order valence-electron chi connectivity index (χ2n) is 7.99. The molecule has 3 aromatic carbocycles. The van der Waals surface area contributed by atoms with E-state index >= 15 is 0 Å². The Bertz CT molecular complexity index is 1290. The van der Waals surface area contributed by atoms with Gasteiger partial charge >= 0.3 is 0 Å². The summed E-state index contributed by atoms with van der Waals surface area (Å²) in [6.45, 7) is -0.356. The van der Waals surface area contributed by atoms with Crippen LogP contribution in [0, 0.1) is 0 Å². The summed E-state index contributed by atoms with van der Waals surface area (Å²) in [4.78, 5) is 17.1. The van der Waals surface area contributed by atoms with E-state index in [2.05, 4.69) is 4.98 Å². The number of benzene rings is 3. The highest BCUT2D eigenvalue weighted by molar-refractivity contribution is 5.83. The number of carbonyl (C=O) groups excluding carboxylic acids is 1. The molecule has 6 nitrogen and oxygen atoms in total. The lowest BCUT2D eigenvalue weighted by Crippen LogP contribution is -2.11. The minimum Gasteiger partial charge on any atom is -0.493 e. The van der Waals surface area contributed by atoms with E-state index < -0.39 is 13.0 Å². The van der Waals surface area contributed by atoms with E-state index in [9.17, 15) is 13.6 Å². The molecule has 186 valence electrons. The van der Waals surface area contributed by atoms with Crippen LogP contribution >= 0.6 is 0 Å². The Kier molecular flexibility index (Phi) is 8.28. The van der Waals surface area contributed by atoms with Crippen molar-refractivity contribution in [3.8, 4) is 28.7 Å². The third-order valence-electron chi connectivity index (χ3n) is 5.30. The quantitative estimate of drug-likeness (QED) is 0.244. The summed E-state index contributed by atoms with van der Waals surface area (Å²) in [6, 6.07) is 21.7. The largest absolute Gasteiger partial charge is 0.493 e. The van der Waals surface area contributed by atoms with Crippen molar-refractivity contribution in [2.75, 3.05) is 13.7 Å². The first-order valence-electron chi connectivity index (χ1n) is 11.3. The van der Waals surface area contributed by atoms with Gasteiger partial charge in [-0.05, 0) is 29.8 Å². The number of alkyl halides is 2. The van der Waals surface area contributed by atoms with Crippen molar-refractivity contribution in [2.45, 2.75) is 25.9 Å². The number of ketones is 1. The molecule has 0 saturated heterocycles. The predicted molar refractivity (Wildman–Crippen MR) is 130 cm³/mol. The second-order valence-corrected chi connectivity index (χ2v) is 7.99. The number of rotatable bonds is 12. The highest BCUT2D eigenvalue weighted by atomic mass is 19.3. The molecule has 0 N–H and O–H groups in total. The molecule has 0 fully saturated rings. The first-order valence-corrected chi connectivity index (χ1v) is 11.3. The lowest BCUT2D eigenvalue weighted by atomic mass is 10.1. The van der Waals surface area contributed by atoms with Crippen molar-refractivity contribution in [3.63, 3.8) is 0 Å². The molecule has 0 bridgehead atoms. The van der Waals surface area contributed by atoms with E-state index in [4.69, 9.17) is 18.6 Å². The molecule has 0 radical (unpaired) electrons. The van der Waals surface area contributed by atoms with Crippen LogP contribution in [0.15, 0.2) is 83.5 Å². The zero-order valence-electron chi connectivity index (χ0n) is 19.7. The molecule has 8 heteroatoms. The normalized spacial score (nSPS) is 10.9. The molecule has 1 heterocycles. The molecule has 0 aliphatic rings. The molecular weight excluding hydrogens is 468 g/mol. The van der Waals surface area contributed by atoms with Gasteiger partial charge in [0.2, 0.25) is 5.89 Å². The van der Waals surface area contributed by atoms with Crippen LogP contribution in [0.1, 0.15) is 16.8 Å². The fourth-order valence-electron chi connectivity index (χ4n) is 3.60. The van der Waals surface area contributed by atoms with Crippen molar-refractivity contribution in [2.24, 2.45) is 0 Å². The summed E-state index contributed by atoms with van der Waals surface area (Å²) in [7, 11) is 1.57. The fraction of sp³-hybridized carbons (Fsp3) is 0.214. The lowest BCUT2D eigenvalue weighted by Gasteiger charge is -2.11. The van der Waals surface area contributed by atoms with Crippen LogP contribution < -0.4 is 14.2 Å². The van der Waals surface area contributed by atoms with E-state index in [1.54, 1.807) is 49.6 Å². The Labute approximate surface area is 207 Å². The van der Waals surface area contributed by atoms with Gasteiger partial charge in [-0.25, -0.2) is 13.8 Å². The standard InChI is InChI=1S/C28H25F2NO5/c1-33-25-12-11-21(14-26(25)34-16-19-7-3-2-4-8-19)28-31-22(17-36-28)15-23(32)13-20-9-5-6-10-24(20)35-18-27(29)30/h2-12,14,17,27H,13,15-16,18H2,1H3. The van der Waals surface area contributed by atoms with Crippen LogP contribution in [-0.4, -0.2) is 30.9 Å². The van der Waals surface area contributed by atoms with Gasteiger partial charge in [0, 0.05) is 17.5 Å². The lowest BCUT2D eigenvalue weighted by molar-refractivity contribution is -0.117. The van der Waals surface area contributed by atoms with Crippen molar-refractivity contribution in [3.05, 3.63) is 95.9 Å². The number of ether oxygens (including phenoxy) is 3. The zero-order valence-corrected chi connectivity index (χ0v) is 19.7. The average molecular weight is 494 g/mol. The predicted octanol–water partition coefficient (Wildman–Crippen LogP) is 5.93. The maximum Gasteiger partial charge on any atom is 0.272 e. The molecule has 4 aromatic rings. The summed E-state index contributed by atoms with van der Waals surface area (Å²) >= 11 is 0. The van der Waals surface area contributed by atoms with Crippen LogP contribution in [0.3, 0.4) is 0 Å². The van der Waals surface area contributed by atoms with Crippen molar-refractivity contribution in [1.29, 1.82) is 0 Å². The van der Waals surface area contributed by atoms with Crippen LogP contribution in [0.2, 0.25) is 0 Å². The van der Waals surface area contributed by atoms with E-state index in [-0.39, 0.29) is 24.4 Å². The maximum atomic E-state index is 12.7. The van der Waals surface area contributed by atoms with Crippen molar-refractivity contribution in [1.82, 2.24) is 4.98 Å². The minimum atomic E-state index is -2.59. The van der Waals surface area contributed by atoms with Gasteiger partial charge in [-0.2, -0.15) is 0 Å². The zero-order chi connectivity index (χ0) is 25.3. The molecule has 36 heavy (non-hydrogen) atoms. The van der Waals surface area contributed by atoms with E-state index in [0.29, 0.717) is 40.8 Å².